The second-order valence-corrected chi connectivity index (χ2v) is 8.81. The Hall–Kier alpha value is 0.0969. The first-order valence-corrected chi connectivity index (χ1v) is 7.42. The largest absolute Gasteiger partial charge is 0.410 e. The Morgan fingerprint density at radius 1 is 1.33 bits per heavy atom. The van der Waals surface area contributed by atoms with Crippen molar-refractivity contribution in [2.24, 2.45) is 0 Å². The second kappa shape index (κ2) is 2.80. The molecule has 0 bridgehead atoms. The molecule has 2 N–H and O–H groups in total. The zero-order valence-corrected chi connectivity index (χ0v) is 9.16. The second-order valence-electron chi connectivity index (χ2n) is 4.68. The van der Waals surface area contributed by atoms with E-state index in [1.165, 1.54) is 0 Å². The van der Waals surface area contributed by atoms with Crippen LogP contribution in [-0.2, 0) is 4.43 Å². The highest BCUT2D eigenvalue weighted by atomic mass is 28.4. The zero-order valence-electron chi connectivity index (χ0n) is 8.16. The van der Waals surface area contributed by atoms with Gasteiger partial charge in [0, 0.05) is 0 Å². The summed E-state index contributed by atoms with van der Waals surface area (Å²) in [5.74, 6) is 0. The highest BCUT2D eigenvalue weighted by Gasteiger charge is 2.46. The normalized spacial score (nSPS) is 39.5. The van der Waals surface area contributed by atoms with Gasteiger partial charge in [0.2, 0.25) is 0 Å². The molecule has 1 saturated heterocycles. The van der Waals surface area contributed by atoms with Gasteiger partial charge in [0.1, 0.15) is 6.10 Å². The summed E-state index contributed by atoms with van der Waals surface area (Å²) in [5, 5.41) is 19.1. The van der Waals surface area contributed by atoms with Crippen LogP contribution in [0, 0.1) is 0 Å². The summed E-state index contributed by atoms with van der Waals surface area (Å²) >= 11 is 0. The molecule has 1 fully saturated rings. The molecule has 0 radical (unpaired) electrons. The van der Waals surface area contributed by atoms with Crippen LogP contribution in [0.25, 0.3) is 0 Å². The van der Waals surface area contributed by atoms with Gasteiger partial charge in [-0.15, -0.1) is 0 Å². The van der Waals surface area contributed by atoms with Gasteiger partial charge in [0.25, 0.3) is 0 Å². The van der Waals surface area contributed by atoms with Crippen LogP contribution in [0.1, 0.15) is 13.8 Å². The lowest BCUT2D eigenvalue weighted by Crippen LogP contribution is -2.59. The molecule has 2 atom stereocenters. The van der Waals surface area contributed by atoms with Crippen molar-refractivity contribution >= 4 is 8.32 Å². The summed E-state index contributed by atoms with van der Waals surface area (Å²) in [6.07, 6.45) is -1.37. The summed E-state index contributed by atoms with van der Waals surface area (Å²) < 4.78 is 5.77. The summed E-state index contributed by atoms with van der Waals surface area (Å²) in [6.45, 7) is 7.78. The van der Waals surface area contributed by atoms with Gasteiger partial charge in [0.15, 0.2) is 8.32 Å². The van der Waals surface area contributed by atoms with Crippen LogP contribution >= 0.6 is 0 Å². The van der Waals surface area contributed by atoms with Gasteiger partial charge < -0.3 is 14.6 Å². The third-order valence-corrected chi connectivity index (χ3v) is 4.80. The molecule has 72 valence electrons. The van der Waals surface area contributed by atoms with Gasteiger partial charge in [-0.3, -0.25) is 0 Å². The molecule has 0 aromatic heterocycles. The van der Waals surface area contributed by atoms with Crippen LogP contribution in [0.3, 0.4) is 0 Å². The van der Waals surface area contributed by atoms with Crippen LogP contribution in [-0.4, -0.2) is 36.3 Å². The predicted molar refractivity (Wildman–Crippen MR) is 49.5 cm³/mol. The van der Waals surface area contributed by atoms with Crippen molar-refractivity contribution in [3.8, 4) is 0 Å². The van der Waals surface area contributed by atoms with Gasteiger partial charge in [-0.25, -0.2) is 0 Å². The van der Waals surface area contributed by atoms with Crippen molar-refractivity contribution in [1.29, 1.82) is 0 Å². The lowest BCUT2D eigenvalue weighted by atomic mass is 9.98. The Balaban J connectivity index is 2.80. The molecule has 0 amide bonds. The Morgan fingerprint density at radius 2 is 1.83 bits per heavy atom. The quantitative estimate of drug-likeness (QED) is 0.553. The van der Waals surface area contributed by atoms with Crippen molar-refractivity contribution in [2.45, 2.75) is 50.8 Å². The molecule has 1 aliphatic rings. The van der Waals surface area contributed by atoms with E-state index in [2.05, 4.69) is 13.1 Å². The number of hydrogen-bond acceptors (Lipinski definition) is 3. The molecule has 2 unspecified atom stereocenters. The summed E-state index contributed by atoms with van der Waals surface area (Å²) in [7, 11) is -1.74. The molecular formula is C8H18O3Si. The van der Waals surface area contributed by atoms with Crippen LogP contribution in [0.5, 0.6) is 0 Å². The van der Waals surface area contributed by atoms with Crippen LogP contribution in [0.4, 0.5) is 0 Å². The minimum absolute atomic E-state index is 0.590. The van der Waals surface area contributed by atoms with Crippen LogP contribution in [0.2, 0.25) is 19.1 Å². The first-order chi connectivity index (χ1) is 5.25. The van der Waals surface area contributed by atoms with E-state index in [-0.39, 0.29) is 0 Å². The minimum atomic E-state index is -1.74. The van der Waals surface area contributed by atoms with Gasteiger partial charge >= 0.3 is 0 Å². The fourth-order valence-electron chi connectivity index (χ4n) is 1.89. The van der Waals surface area contributed by atoms with E-state index in [4.69, 9.17) is 4.43 Å². The smallest absolute Gasteiger partial charge is 0.190 e. The third-order valence-electron chi connectivity index (χ3n) is 2.32. The molecule has 1 heterocycles. The molecule has 1 aliphatic heterocycles. The van der Waals surface area contributed by atoms with E-state index in [1.807, 2.05) is 13.8 Å². The van der Waals surface area contributed by atoms with Crippen LogP contribution < -0.4 is 0 Å². The summed E-state index contributed by atoms with van der Waals surface area (Å²) in [5.41, 5.74) is -0.590. The lowest BCUT2D eigenvalue weighted by molar-refractivity contribution is -0.110. The van der Waals surface area contributed by atoms with Gasteiger partial charge in [-0.2, -0.15) is 0 Å². The predicted octanol–water partition coefficient (Wildman–Crippen LogP) is 0.722. The van der Waals surface area contributed by atoms with E-state index in [0.29, 0.717) is 6.04 Å². The average Bonchev–Trinajstić information content (AvgIpc) is 1.79. The fraction of sp³-hybridized carbons (Fsp3) is 1.00. The maximum atomic E-state index is 9.58. The fourth-order valence-corrected chi connectivity index (χ4v) is 4.75. The molecule has 0 aromatic carbocycles. The van der Waals surface area contributed by atoms with E-state index < -0.39 is 26.1 Å². The van der Waals surface area contributed by atoms with Crippen LogP contribution in [0.15, 0.2) is 0 Å². The summed E-state index contributed by atoms with van der Waals surface area (Å²) in [4.78, 5) is 0. The lowest BCUT2D eigenvalue weighted by Gasteiger charge is -2.46. The SMILES string of the molecule is CC1(C)O[Si](C)(C)CC(O)C1O. The number of aliphatic hydroxyl groups excluding tert-OH is 2. The zero-order chi connectivity index (χ0) is 9.57. The van der Waals surface area contributed by atoms with E-state index in [1.54, 1.807) is 0 Å². The molecule has 0 aromatic rings. The minimum Gasteiger partial charge on any atom is -0.410 e. The molecule has 0 aliphatic carbocycles. The van der Waals surface area contributed by atoms with Gasteiger partial charge in [0.05, 0.1) is 11.7 Å². The highest BCUT2D eigenvalue weighted by Crippen LogP contribution is 2.33. The van der Waals surface area contributed by atoms with Crippen molar-refractivity contribution in [3.05, 3.63) is 0 Å². The number of hydrogen-bond donors (Lipinski definition) is 2. The Morgan fingerprint density at radius 3 is 2.25 bits per heavy atom. The summed E-state index contributed by atoms with van der Waals surface area (Å²) in [6, 6.07) is 0.623. The topological polar surface area (TPSA) is 49.7 Å². The Bertz CT molecular complexity index is 179. The molecule has 0 saturated carbocycles. The van der Waals surface area contributed by atoms with Crippen molar-refractivity contribution in [2.75, 3.05) is 0 Å². The standard InChI is InChI=1S/C8H18O3Si/c1-8(2)7(10)6(9)5-12(3,4)11-8/h6-7,9-10H,5H2,1-4H3. The maximum absolute atomic E-state index is 9.58. The molecular weight excluding hydrogens is 172 g/mol. The maximum Gasteiger partial charge on any atom is 0.190 e. The monoisotopic (exact) mass is 190 g/mol. The van der Waals surface area contributed by atoms with E-state index in [9.17, 15) is 10.2 Å². The van der Waals surface area contributed by atoms with Crippen molar-refractivity contribution < 1.29 is 14.6 Å². The van der Waals surface area contributed by atoms with Gasteiger partial charge in [-0.1, -0.05) is 0 Å². The highest BCUT2D eigenvalue weighted by molar-refractivity contribution is 6.71. The van der Waals surface area contributed by atoms with Gasteiger partial charge in [-0.05, 0) is 33.0 Å². The molecule has 3 nitrogen and oxygen atoms in total. The van der Waals surface area contributed by atoms with Crippen molar-refractivity contribution in [1.82, 2.24) is 0 Å². The molecule has 12 heavy (non-hydrogen) atoms. The number of aliphatic hydroxyl groups is 2. The molecule has 4 heteroatoms. The average molecular weight is 190 g/mol. The van der Waals surface area contributed by atoms with E-state index >= 15 is 0 Å². The number of rotatable bonds is 0. The Kier molecular flexibility index (Phi) is 2.38. The third kappa shape index (κ3) is 1.88. The molecule has 0 spiro atoms. The molecule has 1 rings (SSSR count). The first-order valence-electron chi connectivity index (χ1n) is 4.31. The first kappa shape index (κ1) is 10.2. The van der Waals surface area contributed by atoms with E-state index in [0.717, 1.165) is 0 Å². The Labute approximate surface area is 74.5 Å². The van der Waals surface area contributed by atoms with Crippen molar-refractivity contribution in [3.63, 3.8) is 0 Å².